The van der Waals surface area contributed by atoms with E-state index in [1.807, 2.05) is 0 Å². The third-order valence-corrected chi connectivity index (χ3v) is 3.70. The highest BCUT2D eigenvalue weighted by atomic mass is 19.2. The Morgan fingerprint density at radius 3 is 2.44 bits per heavy atom. The summed E-state index contributed by atoms with van der Waals surface area (Å²) < 4.78 is 58.3. The third kappa shape index (κ3) is 3.81. The maximum Gasteiger partial charge on any atom is 0.343 e. The zero-order chi connectivity index (χ0) is 18.8. The summed E-state index contributed by atoms with van der Waals surface area (Å²) in [6, 6.07) is 0.217. The topological polar surface area (TPSA) is 79.1 Å². The maximum atomic E-state index is 13.8. The number of nitrogens with zero attached hydrogens (tertiary/aromatic N) is 1. The first-order valence-electron chi connectivity index (χ1n) is 7.36. The normalized spacial score (nSPS) is 16.7. The van der Waals surface area contributed by atoms with Crippen LogP contribution in [0.25, 0.3) is 5.76 Å². The summed E-state index contributed by atoms with van der Waals surface area (Å²) in [7, 11) is 0. The number of aliphatic imine (C=N–C) groups is 1. The molecule has 0 aliphatic heterocycles. The van der Waals surface area contributed by atoms with Gasteiger partial charge in [0.25, 0.3) is 0 Å². The highest BCUT2D eigenvalue weighted by Crippen LogP contribution is 2.39. The fraction of sp³-hybridized carbons (Fsp3) is 0.375. The molecule has 0 aromatic heterocycles. The smallest absolute Gasteiger partial charge is 0.343 e. The first kappa shape index (κ1) is 18.9. The molecule has 0 radical (unpaired) electrons. The van der Waals surface area contributed by atoms with E-state index in [4.69, 9.17) is 4.74 Å². The lowest BCUT2D eigenvalue weighted by Gasteiger charge is -2.10. The molecule has 0 amide bonds. The second-order valence-corrected chi connectivity index (χ2v) is 5.47. The van der Waals surface area contributed by atoms with Crippen molar-refractivity contribution in [2.24, 2.45) is 4.99 Å². The molecule has 9 heteroatoms. The number of esters is 1. The summed E-state index contributed by atoms with van der Waals surface area (Å²) in [5.41, 5.74) is -2.54. The van der Waals surface area contributed by atoms with E-state index in [1.165, 1.54) is 6.92 Å². The van der Waals surface area contributed by atoms with Crippen LogP contribution in [0.4, 0.5) is 17.6 Å². The second-order valence-electron chi connectivity index (χ2n) is 5.47. The first-order chi connectivity index (χ1) is 11.8. The van der Waals surface area contributed by atoms with E-state index in [-0.39, 0.29) is 19.3 Å². The molecular weight excluding hydrogens is 346 g/mol. The average molecular weight is 361 g/mol. The van der Waals surface area contributed by atoms with Crippen LogP contribution in [0.1, 0.15) is 25.3 Å². The third-order valence-electron chi connectivity index (χ3n) is 3.70. The molecule has 1 aromatic rings. The molecule has 0 bridgehead atoms. The Bertz CT molecular complexity index is 757. The van der Waals surface area contributed by atoms with Crippen LogP contribution in [-0.2, 0) is 9.53 Å². The summed E-state index contributed by atoms with van der Waals surface area (Å²) in [4.78, 5) is 15.9. The second kappa shape index (κ2) is 7.22. The highest BCUT2D eigenvalue weighted by Gasteiger charge is 2.41. The van der Waals surface area contributed by atoms with Gasteiger partial charge in [0.1, 0.15) is 11.3 Å². The van der Waals surface area contributed by atoms with Gasteiger partial charge in [-0.2, -0.15) is 0 Å². The fourth-order valence-corrected chi connectivity index (χ4v) is 1.98. The number of ether oxygens (including phenoxy) is 1. The lowest BCUT2D eigenvalue weighted by Crippen LogP contribution is -2.16. The van der Waals surface area contributed by atoms with Crippen molar-refractivity contribution >= 4 is 17.9 Å². The van der Waals surface area contributed by atoms with Crippen molar-refractivity contribution in [1.82, 2.24) is 0 Å². The van der Waals surface area contributed by atoms with E-state index in [9.17, 15) is 32.6 Å². The maximum absolute atomic E-state index is 13.8. The van der Waals surface area contributed by atoms with Crippen LogP contribution in [0, 0.1) is 23.3 Å². The van der Waals surface area contributed by atoms with Gasteiger partial charge in [0.05, 0.1) is 24.3 Å². The minimum atomic E-state index is -2.13. The molecule has 1 aliphatic rings. The van der Waals surface area contributed by atoms with Crippen molar-refractivity contribution < 1.29 is 37.3 Å². The molecule has 2 rings (SSSR count). The predicted molar refractivity (Wildman–Crippen MR) is 80.0 cm³/mol. The molecule has 0 atom stereocenters. The Hall–Kier alpha value is -2.42. The molecule has 0 saturated heterocycles. The number of aliphatic hydroxyl groups excluding tert-OH is 2. The number of carbonyl (C=O) groups is 1. The van der Waals surface area contributed by atoms with Gasteiger partial charge in [0, 0.05) is 6.21 Å². The SMILES string of the molecule is CCOC(=O)C(C=NC1(CO)CC1)=C(O)c1cc(F)c(F)c(F)c1F. The summed E-state index contributed by atoms with van der Waals surface area (Å²) in [6.45, 7) is 1.06. The van der Waals surface area contributed by atoms with Crippen molar-refractivity contribution in [2.45, 2.75) is 25.3 Å². The number of aliphatic hydroxyl groups is 2. The summed E-state index contributed by atoms with van der Waals surface area (Å²) in [6.07, 6.45) is 1.91. The van der Waals surface area contributed by atoms with Crippen LogP contribution < -0.4 is 0 Å². The monoisotopic (exact) mass is 361 g/mol. The first-order valence-corrected chi connectivity index (χ1v) is 7.36. The lowest BCUT2D eigenvalue weighted by molar-refractivity contribution is -0.137. The number of hydrogen-bond donors (Lipinski definition) is 2. The van der Waals surface area contributed by atoms with Crippen molar-refractivity contribution in [3.05, 3.63) is 40.5 Å². The van der Waals surface area contributed by atoms with Crippen molar-refractivity contribution in [3.63, 3.8) is 0 Å². The van der Waals surface area contributed by atoms with Gasteiger partial charge >= 0.3 is 5.97 Å². The van der Waals surface area contributed by atoms with E-state index in [0.29, 0.717) is 12.8 Å². The summed E-state index contributed by atoms with van der Waals surface area (Å²) in [5, 5.41) is 19.3. The molecule has 0 spiro atoms. The van der Waals surface area contributed by atoms with Gasteiger partial charge in [-0.15, -0.1) is 0 Å². The Balaban J connectivity index is 2.56. The number of halogens is 4. The molecule has 2 N–H and O–H groups in total. The highest BCUT2D eigenvalue weighted by molar-refractivity contribution is 6.15. The Kier molecular flexibility index (Phi) is 5.46. The van der Waals surface area contributed by atoms with E-state index in [1.54, 1.807) is 0 Å². The molecule has 1 aromatic carbocycles. The summed E-state index contributed by atoms with van der Waals surface area (Å²) >= 11 is 0. The van der Waals surface area contributed by atoms with E-state index < -0.39 is 51.7 Å². The van der Waals surface area contributed by atoms with Gasteiger partial charge < -0.3 is 14.9 Å². The summed E-state index contributed by atoms with van der Waals surface area (Å²) in [5.74, 6) is -10.1. The molecule has 1 aliphatic carbocycles. The van der Waals surface area contributed by atoms with Crippen LogP contribution in [0.2, 0.25) is 0 Å². The van der Waals surface area contributed by atoms with Crippen molar-refractivity contribution in [3.8, 4) is 0 Å². The predicted octanol–water partition coefficient (Wildman–Crippen LogP) is 2.67. The quantitative estimate of drug-likeness (QED) is 0.155. The van der Waals surface area contributed by atoms with Gasteiger partial charge in [-0.1, -0.05) is 0 Å². The lowest BCUT2D eigenvalue weighted by atomic mass is 10.1. The van der Waals surface area contributed by atoms with Gasteiger partial charge in [0.15, 0.2) is 23.3 Å². The Morgan fingerprint density at radius 2 is 1.92 bits per heavy atom. The Morgan fingerprint density at radius 1 is 1.28 bits per heavy atom. The van der Waals surface area contributed by atoms with Crippen LogP contribution in [0.15, 0.2) is 16.6 Å². The average Bonchev–Trinajstić information content (AvgIpc) is 3.37. The van der Waals surface area contributed by atoms with Crippen LogP contribution in [-0.4, -0.2) is 41.1 Å². The molecule has 136 valence electrons. The van der Waals surface area contributed by atoms with Crippen LogP contribution in [0.5, 0.6) is 0 Å². The molecule has 25 heavy (non-hydrogen) atoms. The fourth-order valence-electron chi connectivity index (χ4n) is 1.98. The van der Waals surface area contributed by atoms with E-state index in [2.05, 4.69) is 4.99 Å². The van der Waals surface area contributed by atoms with Crippen LogP contribution in [0.3, 0.4) is 0 Å². The molecule has 5 nitrogen and oxygen atoms in total. The molecular formula is C16H15F4NO4. The zero-order valence-electron chi connectivity index (χ0n) is 13.2. The van der Waals surface area contributed by atoms with Gasteiger partial charge in [-0.25, -0.2) is 22.4 Å². The van der Waals surface area contributed by atoms with Crippen molar-refractivity contribution in [1.29, 1.82) is 0 Å². The van der Waals surface area contributed by atoms with Gasteiger partial charge in [-0.3, -0.25) is 4.99 Å². The molecule has 0 unspecified atom stereocenters. The van der Waals surface area contributed by atoms with Gasteiger partial charge in [-0.05, 0) is 25.8 Å². The van der Waals surface area contributed by atoms with Crippen LogP contribution >= 0.6 is 0 Å². The number of benzene rings is 1. The molecule has 1 fully saturated rings. The largest absolute Gasteiger partial charge is 0.506 e. The number of rotatable bonds is 6. The minimum Gasteiger partial charge on any atom is -0.506 e. The van der Waals surface area contributed by atoms with Crippen molar-refractivity contribution in [2.75, 3.05) is 13.2 Å². The molecule has 0 heterocycles. The number of carbonyl (C=O) groups excluding carboxylic acids is 1. The minimum absolute atomic E-state index is 0.0940. The Labute approximate surface area is 140 Å². The number of hydrogen-bond acceptors (Lipinski definition) is 5. The standard InChI is InChI=1S/C16H15F4NO4/c1-2-25-15(24)9(6-21-16(7-22)3-4-16)14(23)8-5-10(17)12(19)13(20)11(8)18/h5-6,22-23H,2-4,7H2,1H3. The van der Waals surface area contributed by atoms with E-state index in [0.717, 1.165) is 6.21 Å². The zero-order valence-corrected chi connectivity index (χ0v) is 13.2. The molecule has 1 saturated carbocycles. The van der Waals surface area contributed by atoms with E-state index >= 15 is 0 Å². The van der Waals surface area contributed by atoms with Gasteiger partial charge in [0.2, 0.25) is 0 Å².